The van der Waals surface area contributed by atoms with Gasteiger partial charge in [0.15, 0.2) is 0 Å². The van der Waals surface area contributed by atoms with E-state index < -0.39 is 12.2 Å². The Hall–Kier alpha value is -5.36. The van der Waals surface area contributed by atoms with Gasteiger partial charge in [-0.15, -0.1) is 16.8 Å². The van der Waals surface area contributed by atoms with Crippen molar-refractivity contribution in [2.75, 3.05) is 19.6 Å². The van der Waals surface area contributed by atoms with Crippen molar-refractivity contribution in [1.29, 1.82) is 0 Å². The summed E-state index contributed by atoms with van der Waals surface area (Å²) in [5.41, 5.74) is 3.41. The molecule has 1 aromatic heterocycles. The van der Waals surface area contributed by atoms with Gasteiger partial charge in [0.05, 0.1) is 13.1 Å². The highest BCUT2D eigenvalue weighted by atomic mass is 16.3. The first kappa shape index (κ1) is 29.7. The summed E-state index contributed by atoms with van der Waals surface area (Å²) in [6.07, 6.45) is 1.97. The first-order valence-electron chi connectivity index (χ1n) is 14.8. The molecule has 0 saturated carbocycles. The molecule has 0 spiro atoms. The van der Waals surface area contributed by atoms with Crippen LogP contribution >= 0.6 is 0 Å². The summed E-state index contributed by atoms with van der Waals surface area (Å²) >= 11 is 0. The molecule has 3 heterocycles. The minimum Gasteiger partial charge on any atom is -0.508 e. The molecule has 0 radical (unpaired) electrons. The van der Waals surface area contributed by atoms with E-state index in [0.29, 0.717) is 18.8 Å². The van der Waals surface area contributed by atoms with E-state index in [-0.39, 0.29) is 55.9 Å². The van der Waals surface area contributed by atoms with Gasteiger partial charge in [-0.1, -0.05) is 66.7 Å². The number of aromatic amines is 1. The molecule has 12 heteroatoms. The molecule has 0 bridgehead atoms. The second-order valence-electron chi connectivity index (χ2n) is 11.2. The number of phenols is 1. The highest BCUT2D eigenvalue weighted by Gasteiger charge is 2.51. The van der Waals surface area contributed by atoms with Crippen LogP contribution in [0.3, 0.4) is 0 Å². The molecule has 0 unspecified atom stereocenters. The maximum absolute atomic E-state index is 14.2. The lowest BCUT2D eigenvalue weighted by molar-refractivity contribution is -0.205. The monoisotopic (exact) mass is 606 g/mol. The van der Waals surface area contributed by atoms with Crippen LogP contribution in [0.25, 0.3) is 11.4 Å². The fourth-order valence-electron chi connectivity index (χ4n) is 6.08. The number of piperazine rings is 1. The van der Waals surface area contributed by atoms with Crippen LogP contribution < -0.4 is 0 Å². The van der Waals surface area contributed by atoms with Crippen molar-refractivity contribution in [2.45, 2.75) is 38.0 Å². The quantitative estimate of drug-likeness (QED) is 0.263. The van der Waals surface area contributed by atoms with E-state index in [4.69, 9.17) is 0 Å². The molecule has 3 amide bonds. The molecule has 2 aliphatic heterocycles. The molecular weight excluding hydrogens is 572 g/mol. The van der Waals surface area contributed by atoms with E-state index in [1.807, 2.05) is 54.6 Å². The van der Waals surface area contributed by atoms with Crippen molar-refractivity contribution in [3.05, 3.63) is 108 Å². The molecule has 230 valence electrons. The second kappa shape index (κ2) is 13.1. The van der Waals surface area contributed by atoms with Gasteiger partial charge in [-0.2, -0.15) is 5.21 Å². The Bertz CT molecular complexity index is 1660. The zero-order valence-corrected chi connectivity index (χ0v) is 24.7. The van der Waals surface area contributed by atoms with Crippen molar-refractivity contribution < 1.29 is 19.5 Å². The summed E-state index contributed by atoms with van der Waals surface area (Å²) in [6, 6.07) is 23.1. The smallest absolute Gasteiger partial charge is 0.246 e. The second-order valence-corrected chi connectivity index (χ2v) is 11.2. The SMILES string of the molecule is C=CCN1CC(=O)N2[C@@H](Cc3ccc(O)cc3)C(=O)N(Cc3cccc(-c4nn[nH]n4)c3)C[C@@H]2N1C(=O)CCc1ccccc1. The number of fused-ring (bicyclic) bond motifs is 1. The number of carbonyl (C=O) groups is 3. The molecule has 2 atom stereocenters. The molecule has 2 fully saturated rings. The predicted octanol–water partition coefficient (Wildman–Crippen LogP) is 2.56. The third-order valence-electron chi connectivity index (χ3n) is 8.17. The topological polar surface area (TPSA) is 139 Å². The standard InChI is InChI=1S/C33H34N8O4/c1-2-17-39-22-31(44)40-28(19-24-11-14-27(42)15-12-24)33(45)38(20-25-9-6-10-26(18-25)32-34-36-37-35-32)21-29(40)41(39)30(43)16-13-23-7-4-3-5-8-23/h2-12,14-15,18,28-29,42H,1,13,16-17,19-22H2,(H,34,35,36,37)/t28-,29-/m0/s1. The number of nitrogens with zero attached hydrogens (tertiary/aromatic N) is 7. The highest BCUT2D eigenvalue weighted by Crippen LogP contribution is 2.30. The number of carbonyl (C=O) groups excluding carboxylic acids is 3. The Morgan fingerprint density at radius 3 is 2.51 bits per heavy atom. The van der Waals surface area contributed by atoms with Crippen LogP contribution in [-0.2, 0) is 33.8 Å². The molecule has 2 N–H and O–H groups in total. The van der Waals surface area contributed by atoms with E-state index >= 15 is 0 Å². The number of nitrogens with one attached hydrogen (secondary N) is 1. The van der Waals surface area contributed by atoms with E-state index in [1.165, 1.54) is 0 Å². The van der Waals surface area contributed by atoms with Gasteiger partial charge >= 0.3 is 0 Å². The fraction of sp³-hybridized carbons (Fsp3) is 0.273. The molecule has 2 aliphatic rings. The number of benzene rings is 3. The van der Waals surface area contributed by atoms with E-state index in [9.17, 15) is 19.5 Å². The highest BCUT2D eigenvalue weighted by molar-refractivity contribution is 5.92. The first-order valence-corrected chi connectivity index (χ1v) is 14.8. The third-order valence-corrected chi connectivity index (χ3v) is 8.17. The number of amides is 3. The van der Waals surface area contributed by atoms with Gasteiger partial charge in [-0.25, -0.2) is 10.0 Å². The van der Waals surface area contributed by atoms with Gasteiger partial charge in [-0.05, 0) is 46.5 Å². The van der Waals surface area contributed by atoms with Gasteiger partial charge in [0.1, 0.15) is 18.0 Å². The lowest BCUT2D eigenvalue weighted by atomic mass is 9.97. The minimum absolute atomic E-state index is 0.0499. The number of hydrogen-bond donors (Lipinski definition) is 2. The largest absolute Gasteiger partial charge is 0.508 e. The van der Waals surface area contributed by atoms with Crippen molar-refractivity contribution in [2.24, 2.45) is 0 Å². The van der Waals surface area contributed by atoms with Gasteiger partial charge in [-0.3, -0.25) is 14.4 Å². The predicted molar refractivity (Wildman–Crippen MR) is 165 cm³/mol. The Labute approximate surface area is 260 Å². The number of hydrazine groups is 1. The number of tetrazole rings is 1. The molecule has 45 heavy (non-hydrogen) atoms. The lowest BCUT2D eigenvalue weighted by Gasteiger charge is -2.55. The van der Waals surface area contributed by atoms with Gasteiger partial charge in [0, 0.05) is 31.5 Å². The normalized spacial score (nSPS) is 18.6. The Morgan fingerprint density at radius 1 is 1.00 bits per heavy atom. The molecule has 4 aromatic rings. The maximum Gasteiger partial charge on any atom is 0.246 e. The van der Waals surface area contributed by atoms with Crippen molar-refractivity contribution in [3.8, 4) is 17.1 Å². The zero-order valence-electron chi connectivity index (χ0n) is 24.7. The summed E-state index contributed by atoms with van der Waals surface area (Å²) in [7, 11) is 0. The van der Waals surface area contributed by atoms with Crippen molar-refractivity contribution in [1.82, 2.24) is 40.4 Å². The first-order chi connectivity index (χ1) is 21.9. The average molecular weight is 607 g/mol. The molecule has 6 rings (SSSR count). The maximum atomic E-state index is 14.2. The van der Waals surface area contributed by atoms with E-state index in [2.05, 4.69) is 27.2 Å². The number of aromatic nitrogens is 4. The van der Waals surface area contributed by atoms with Crippen LogP contribution in [0, 0.1) is 0 Å². The van der Waals surface area contributed by atoms with Crippen molar-refractivity contribution >= 4 is 17.7 Å². The summed E-state index contributed by atoms with van der Waals surface area (Å²) in [5, 5.41) is 27.4. The molecule has 3 aromatic carbocycles. The summed E-state index contributed by atoms with van der Waals surface area (Å²) in [6.45, 7) is 4.49. The summed E-state index contributed by atoms with van der Waals surface area (Å²) in [4.78, 5) is 45.3. The van der Waals surface area contributed by atoms with Crippen LogP contribution in [0.15, 0.2) is 91.5 Å². The number of aryl methyl sites for hydroxylation is 1. The van der Waals surface area contributed by atoms with Crippen LogP contribution in [0.1, 0.15) is 23.1 Å². The number of rotatable bonds is 10. The number of phenolic OH excluding ortho intramolecular Hbond substituents is 1. The van der Waals surface area contributed by atoms with Gasteiger partial charge in [0.2, 0.25) is 23.5 Å². The molecule has 0 aliphatic carbocycles. The van der Waals surface area contributed by atoms with Crippen LogP contribution in [0.5, 0.6) is 5.75 Å². The lowest BCUT2D eigenvalue weighted by Crippen LogP contribution is -2.75. The summed E-state index contributed by atoms with van der Waals surface area (Å²) < 4.78 is 0. The fourth-order valence-corrected chi connectivity index (χ4v) is 6.08. The number of hydrogen-bond acceptors (Lipinski definition) is 8. The Kier molecular flexibility index (Phi) is 8.65. The van der Waals surface area contributed by atoms with Gasteiger partial charge < -0.3 is 14.9 Å². The van der Waals surface area contributed by atoms with Crippen LogP contribution in [0.2, 0.25) is 0 Å². The van der Waals surface area contributed by atoms with Crippen LogP contribution in [0.4, 0.5) is 0 Å². The number of H-pyrrole nitrogens is 1. The van der Waals surface area contributed by atoms with Crippen molar-refractivity contribution in [3.63, 3.8) is 0 Å². The zero-order chi connectivity index (χ0) is 31.3. The Balaban J connectivity index is 1.34. The average Bonchev–Trinajstić information content (AvgIpc) is 3.59. The minimum atomic E-state index is -0.850. The van der Waals surface area contributed by atoms with Gasteiger partial charge in [0.25, 0.3) is 0 Å². The Morgan fingerprint density at radius 2 is 1.78 bits per heavy atom. The molecule has 2 saturated heterocycles. The molecular formula is C33H34N8O4. The summed E-state index contributed by atoms with van der Waals surface area (Å²) in [5.74, 6) is -0.0401. The number of aromatic hydroxyl groups is 1. The van der Waals surface area contributed by atoms with E-state index in [1.54, 1.807) is 50.2 Å². The van der Waals surface area contributed by atoms with E-state index in [0.717, 1.165) is 22.3 Å². The van der Waals surface area contributed by atoms with Crippen LogP contribution in [-0.4, -0.2) is 95.1 Å². The molecule has 12 nitrogen and oxygen atoms in total. The third kappa shape index (κ3) is 6.46.